The smallest absolute Gasteiger partial charge is 0.240 e. The molecule has 2 aromatic carbocycles. The summed E-state index contributed by atoms with van der Waals surface area (Å²) in [5.74, 6) is 0.807. The highest BCUT2D eigenvalue weighted by molar-refractivity contribution is 7.89. The maximum absolute atomic E-state index is 12.4. The first-order valence-corrected chi connectivity index (χ1v) is 9.75. The first-order chi connectivity index (χ1) is 11.5. The van der Waals surface area contributed by atoms with E-state index in [1.807, 2.05) is 25.1 Å². The van der Waals surface area contributed by atoms with Crippen LogP contribution in [0.5, 0.6) is 5.75 Å². The number of fused-ring (bicyclic) bond motifs is 1. The van der Waals surface area contributed by atoms with Gasteiger partial charge in [-0.2, -0.15) is 0 Å². The molecule has 0 heterocycles. The van der Waals surface area contributed by atoms with Crippen LogP contribution in [0.25, 0.3) is 0 Å². The topological polar surface area (TPSA) is 55.4 Å². The zero-order chi connectivity index (χ0) is 17.2. The molecule has 3 rings (SSSR count). The van der Waals surface area contributed by atoms with Crippen molar-refractivity contribution in [2.75, 3.05) is 13.2 Å². The van der Waals surface area contributed by atoms with E-state index in [0.717, 1.165) is 29.7 Å². The van der Waals surface area contributed by atoms with Crippen molar-refractivity contribution in [3.05, 3.63) is 58.7 Å². The highest BCUT2D eigenvalue weighted by atomic mass is 32.2. The van der Waals surface area contributed by atoms with E-state index in [1.54, 1.807) is 13.0 Å². The molecule has 0 unspecified atom stereocenters. The Labute approximate surface area is 143 Å². The number of rotatable bonds is 6. The van der Waals surface area contributed by atoms with Gasteiger partial charge in [-0.1, -0.05) is 18.2 Å². The van der Waals surface area contributed by atoms with Gasteiger partial charge in [-0.15, -0.1) is 0 Å². The van der Waals surface area contributed by atoms with Crippen LogP contribution in [0.3, 0.4) is 0 Å². The first kappa shape index (κ1) is 17.0. The van der Waals surface area contributed by atoms with Gasteiger partial charge in [-0.05, 0) is 73.6 Å². The van der Waals surface area contributed by atoms with Crippen LogP contribution in [0.15, 0.2) is 41.3 Å². The average Bonchev–Trinajstić information content (AvgIpc) is 3.01. The Morgan fingerprint density at radius 3 is 2.67 bits per heavy atom. The van der Waals surface area contributed by atoms with Gasteiger partial charge in [0.1, 0.15) is 12.4 Å². The molecule has 4 nitrogen and oxygen atoms in total. The Morgan fingerprint density at radius 1 is 1.04 bits per heavy atom. The molecular weight excluding hydrogens is 322 g/mol. The molecule has 0 saturated carbocycles. The zero-order valence-electron chi connectivity index (χ0n) is 14.1. The Hall–Kier alpha value is -1.85. The molecule has 2 aromatic rings. The molecule has 0 aromatic heterocycles. The first-order valence-electron chi connectivity index (χ1n) is 8.27. The Balaban J connectivity index is 1.57. The standard InChI is InChI=1S/C19H23NO3S/c1-14-6-7-15(2)19(12-14)24(21,22)20-10-11-23-18-9-8-16-4-3-5-17(16)13-18/h6-9,12-13,20H,3-5,10-11H2,1-2H3. The molecule has 128 valence electrons. The van der Waals surface area contributed by atoms with Crippen molar-refractivity contribution in [3.63, 3.8) is 0 Å². The molecule has 1 aliphatic rings. The summed E-state index contributed by atoms with van der Waals surface area (Å²) in [5.41, 5.74) is 4.42. The fourth-order valence-electron chi connectivity index (χ4n) is 3.06. The van der Waals surface area contributed by atoms with Crippen molar-refractivity contribution in [3.8, 4) is 5.75 Å². The van der Waals surface area contributed by atoms with Gasteiger partial charge in [0.05, 0.1) is 4.90 Å². The molecule has 5 heteroatoms. The van der Waals surface area contributed by atoms with Gasteiger partial charge in [0.15, 0.2) is 0 Å². The fourth-order valence-corrected chi connectivity index (χ4v) is 4.40. The summed E-state index contributed by atoms with van der Waals surface area (Å²) in [4.78, 5) is 0.333. The largest absolute Gasteiger partial charge is 0.492 e. The summed E-state index contributed by atoms with van der Waals surface area (Å²) in [5, 5.41) is 0. The minimum absolute atomic E-state index is 0.243. The van der Waals surface area contributed by atoms with Crippen molar-refractivity contribution >= 4 is 10.0 Å². The number of hydrogen-bond acceptors (Lipinski definition) is 3. The Bertz CT molecular complexity index is 844. The molecule has 24 heavy (non-hydrogen) atoms. The quantitative estimate of drug-likeness (QED) is 0.818. The lowest BCUT2D eigenvalue weighted by Gasteiger charge is -2.11. The summed E-state index contributed by atoms with van der Waals surface area (Å²) in [7, 11) is -3.51. The number of sulfonamides is 1. The molecule has 0 atom stereocenters. The van der Waals surface area contributed by atoms with Crippen LogP contribution < -0.4 is 9.46 Å². The van der Waals surface area contributed by atoms with E-state index in [-0.39, 0.29) is 6.54 Å². The highest BCUT2D eigenvalue weighted by Gasteiger charge is 2.16. The minimum atomic E-state index is -3.51. The molecular formula is C19H23NO3S. The van der Waals surface area contributed by atoms with Crippen molar-refractivity contribution in [1.82, 2.24) is 4.72 Å². The third-order valence-corrected chi connectivity index (χ3v) is 5.97. The van der Waals surface area contributed by atoms with Crippen molar-refractivity contribution in [2.24, 2.45) is 0 Å². The van der Waals surface area contributed by atoms with Crippen LogP contribution >= 0.6 is 0 Å². The normalized spacial score (nSPS) is 13.8. The van der Waals surface area contributed by atoms with Crippen molar-refractivity contribution in [2.45, 2.75) is 38.0 Å². The van der Waals surface area contributed by atoms with Crippen molar-refractivity contribution in [1.29, 1.82) is 0 Å². The molecule has 0 saturated heterocycles. The predicted molar refractivity (Wildman–Crippen MR) is 95.1 cm³/mol. The van der Waals surface area contributed by atoms with Gasteiger partial charge in [-0.25, -0.2) is 13.1 Å². The molecule has 0 spiro atoms. The van der Waals surface area contributed by atoms with Crippen molar-refractivity contribution < 1.29 is 13.2 Å². The van der Waals surface area contributed by atoms with Crippen LogP contribution in [0.2, 0.25) is 0 Å². The predicted octanol–water partition coefficient (Wildman–Crippen LogP) is 3.15. The van der Waals surface area contributed by atoms with E-state index in [4.69, 9.17) is 4.74 Å². The van der Waals surface area contributed by atoms with E-state index < -0.39 is 10.0 Å². The summed E-state index contributed by atoms with van der Waals surface area (Å²) in [6.45, 7) is 4.24. The molecule has 0 radical (unpaired) electrons. The number of ether oxygens (including phenoxy) is 1. The number of nitrogens with one attached hydrogen (secondary N) is 1. The maximum atomic E-state index is 12.4. The van der Waals surface area contributed by atoms with Crippen LogP contribution in [-0.4, -0.2) is 21.6 Å². The second-order valence-corrected chi connectivity index (χ2v) is 8.03. The summed E-state index contributed by atoms with van der Waals surface area (Å²) in [6.07, 6.45) is 3.45. The summed E-state index contributed by atoms with van der Waals surface area (Å²) in [6, 6.07) is 11.6. The average molecular weight is 345 g/mol. The van der Waals surface area contributed by atoms with Crippen LogP contribution in [0, 0.1) is 13.8 Å². The van der Waals surface area contributed by atoms with Crippen LogP contribution in [0.4, 0.5) is 0 Å². The molecule has 0 fully saturated rings. The number of hydrogen-bond donors (Lipinski definition) is 1. The fraction of sp³-hybridized carbons (Fsp3) is 0.368. The van der Waals surface area contributed by atoms with Crippen LogP contribution in [-0.2, 0) is 22.9 Å². The van der Waals surface area contributed by atoms with E-state index in [0.29, 0.717) is 11.5 Å². The number of aryl methyl sites for hydroxylation is 4. The third-order valence-electron chi connectivity index (χ3n) is 4.37. The van der Waals surface area contributed by atoms with E-state index in [2.05, 4.69) is 16.9 Å². The molecule has 1 N–H and O–H groups in total. The van der Waals surface area contributed by atoms with Gasteiger partial charge in [0, 0.05) is 6.54 Å². The molecule has 0 aliphatic heterocycles. The molecule has 1 aliphatic carbocycles. The van der Waals surface area contributed by atoms with E-state index in [1.165, 1.54) is 17.5 Å². The second-order valence-electron chi connectivity index (χ2n) is 6.30. The lowest BCUT2D eigenvalue weighted by molar-refractivity contribution is 0.322. The molecule has 0 amide bonds. The summed E-state index contributed by atoms with van der Waals surface area (Å²) >= 11 is 0. The summed E-state index contributed by atoms with van der Waals surface area (Å²) < 4.78 is 33.1. The highest BCUT2D eigenvalue weighted by Crippen LogP contribution is 2.26. The van der Waals surface area contributed by atoms with E-state index in [9.17, 15) is 8.42 Å². The molecule has 0 bridgehead atoms. The van der Waals surface area contributed by atoms with Gasteiger partial charge >= 0.3 is 0 Å². The van der Waals surface area contributed by atoms with Gasteiger partial charge < -0.3 is 4.74 Å². The van der Waals surface area contributed by atoms with Crippen LogP contribution in [0.1, 0.15) is 28.7 Å². The van der Waals surface area contributed by atoms with Gasteiger partial charge in [0.2, 0.25) is 10.0 Å². The lowest BCUT2D eigenvalue weighted by Crippen LogP contribution is -2.28. The minimum Gasteiger partial charge on any atom is -0.492 e. The monoisotopic (exact) mass is 345 g/mol. The Kier molecular flexibility index (Phi) is 4.92. The van der Waals surface area contributed by atoms with Gasteiger partial charge in [0.25, 0.3) is 0 Å². The zero-order valence-corrected chi connectivity index (χ0v) is 14.9. The SMILES string of the molecule is Cc1ccc(C)c(S(=O)(=O)NCCOc2ccc3c(c2)CCC3)c1. The maximum Gasteiger partial charge on any atom is 0.240 e. The number of benzene rings is 2. The lowest BCUT2D eigenvalue weighted by atomic mass is 10.1. The van der Waals surface area contributed by atoms with E-state index >= 15 is 0 Å². The third kappa shape index (κ3) is 3.79. The Morgan fingerprint density at radius 2 is 1.83 bits per heavy atom. The van der Waals surface area contributed by atoms with Gasteiger partial charge in [-0.3, -0.25) is 0 Å². The second kappa shape index (κ2) is 6.95.